The number of rotatable bonds is 11. The molecule has 0 atom stereocenters. The van der Waals surface area contributed by atoms with E-state index in [0.29, 0.717) is 49.5 Å². The van der Waals surface area contributed by atoms with Crippen LogP contribution < -0.4 is 14.8 Å². The first kappa shape index (κ1) is 29.9. The summed E-state index contributed by atoms with van der Waals surface area (Å²) >= 11 is 0. The van der Waals surface area contributed by atoms with E-state index in [9.17, 15) is 9.59 Å². The number of benzene rings is 4. The molecule has 1 aliphatic heterocycles. The van der Waals surface area contributed by atoms with E-state index >= 15 is 0 Å². The van der Waals surface area contributed by atoms with Crippen LogP contribution in [-0.4, -0.2) is 62.0 Å². The second kappa shape index (κ2) is 14.5. The number of ether oxygens (including phenoxy) is 2. The zero-order valence-corrected chi connectivity index (χ0v) is 24.9. The summed E-state index contributed by atoms with van der Waals surface area (Å²) in [5.74, 6) is 1.35. The van der Waals surface area contributed by atoms with Gasteiger partial charge in [0.25, 0.3) is 5.91 Å². The molecular formula is C36H39N3O4. The second-order valence-corrected chi connectivity index (χ2v) is 10.8. The molecule has 1 aliphatic rings. The summed E-state index contributed by atoms with van der Waals surface area (Å²) in [6.07, 6.45) is 0.976. The van der Waals surface area contributed by atoms with E-state index < -0.39 is 0 Å². The van der Waals surface area contributed by atoms with E-state index in [-0.39, 0.29) is 11.8 Å². The molecule has 0 aromatic heterocycles. The number of hydrogen-bond acceptors (Lipinski definition) is 5. The molecule has 4 aromatic rings. The smallest absolute Gasteiger partial charge is 0.253 e. The third-order valence-electron chi connectivity index (χ3n) is 7.88. The highest BCUT2D eigenvalue weighted by atomic mass is 16.5. The Kier molecular flexibility index (Phi) is 10.1. The molecule has 1 N–H and O–H groups in total. The zero-order valence-electron chi connectivity index (χ0n) is 24.9. The monoisotopic (exact) mass is 577 g/mol. The van der Waals surface area contributed by atoms with E-state index in [4.69, 9.17) is 9.47 Å². The lowest BCUT2D eigenvalue weighted by Gasteiger charge is -2.35. The number of nitrogens with one attached hydrogen (secondary N) is 1. The topological polar surface area (TPSA) is 71.1 Å². The van der Waals surface area contributed by atoms with Gasteiger partial charge in [0.1, 0.15) is 0 Å². The fourth-order valence-electron chi connectivity index (χ4n) is 5.38. The van der Waals surface area contributed by atoms with Crippen LogP contribution >= 0.6 is 0 Å². The zero-order chi connectivity index (χ0) is 30.0. The Bertz CT molecular complexity index is 1510. The summed E-state index contributed by atoms with van der Waals surface area (Å²) in [6.45, 7) is 4.38. The van der Waals surface area contributed by atoms with Gasteiger partial charge in [0.2, 0.25) is 5.91 Å². The van der Waals surface area contributed by atoms with Gasteiger partial charge in [-0.05, 0) is 64.6 Å². The predicted octanol–water partition coefficient (Wildman–Crippen LogP) is 5.58. The first-order valence-corrected chi connectivity index (χ1v) is 14.7. The molecule has 7 heteroatoms. The first-order valence-electron chi connectivity index (χ1n) is 14.7. The minimum Gasteiger partial charge on any atom is -0.493 e. The molecule has 0 radical (unpaired) electrons. The maximum atomic E-state index is 13.2. The van der Waals surface area contributed by atoms with Crippen molar-refractivity contribution >= 4 is 11.8 Å². The van der Waals surface area contributed by atoms with Crippen LogP contribution in [0.2, 0.25) is 0 Å². The number of nitrogens with zero attached hydrogens (tertiary/aromatic N) is 2. The Morgan fingerprint density at radius 1 is 0.698 bits per heavy atom. The van der Waals surface area contributed by atoms with Crippen molar-refractivity contribution < 1.29 is 19.1 Å². The third kappa shape index (κ3) is 8.02. The molecule has 1 heterocycles. The maximum absolute atomic E-state index is 13.2. The van der Waals surface area contributed by atoms with Gasteiger partial charge in [-0.15, -0.1) is 0 Å². The number of carbonyl (C=O) groups excluding carboxylic acids is 2. The van der Waals surface area contributed by atoms with Gasteiger partial charge in [-0.25, -0.2) is 0 Å². The van der Waals surface area contributed by atoms with Gasteiger partial charge in [-0.1, -0.05) is 66.7 Å². The lowest BCUT2D eigenvalue weighted by Crippen LogP contribution is -2.48. The number of amides is 2. The van der Waals surface area contributed by atoms with Crippen molar-refractivity contribution in [3.8, 4) is 22.6 Å². The molecule has 0 unspecified atom stereocenters. The second-order valence-electron chi connectivity index (χ2n) is 10.8. The fourth-order valence-corrected chi connectivity index (χ4v) is 5.38. The highest BCUT2D eigenvalue weighted by Crippen LogP contribution is 2.28. The van der Waals surface area contributed by atoms with Crippen molar-refractivity contribution in [3.05, 3.63) is 119 Å². The number of aryl methyl sites for hydroxylation is 1. The highest BCUT2D eigenvalue weighted by Gasteiger charge is 2.22. The van der Waals surface area contributed by atoms with Crippen molar-refractivity contribution in [2.75, 3.05) is 40.4 Å². The Hall–Kier alpha value is -4.62. The van der Waals surface area contributed by atoms with E-state index in [1.54, 1.807) is 14.2 Å². The Morgan fingerprint density at radius 2 is 1.40 bits per heavy atom. The third-order valence-corrected chi connectivity index (χ3v) is 7.88. The quantitative estimate of drug-likeness (QED) is 0.252. The molecule has 4 aromatic carbocycles. The predicted molar refractivity (Wildman–Crippen MR) is 169 cm³/mol. The molecule has 0 aliphatic carbocycles. The Morgan fingerprint density at radius 3 is 2.12 bits per heavy atom. The normalized spacial score (nSPS) is 13.4. The number of hydrogen-bond donors (Lipinski definition) is 1. The fraction of sp³-hybridized carbons (Fsp3) is 0.278. The van der Waals surface area contributed by atoms with Gasteiger partial charge >= 0.3 is 0 Å². The molecule has 1 fully saturated rings. The van der Waals surface area contributed by atoms with Crippen molar-refractivity contribution in [3.63, 3.8) is 0 Å². The van der Waals surface area contributed by atoms with Crippen molar-refractivity contribution in [1.82, 2.24) is 15.1 Å². The standard InChI is InChI=1S/C36H39N3O4/c1-42-33-17-13-27(24-34(33)43-2)14-18-35(40)37-25-28-11-15-31(16-12-28)36(41)39-21-19-38(20-22-39)26-29-7-6-10-32(23-29)30-8-4-3-5-9-30/h3-13,15-17,23-24H,14,18-22,25-26H2,1-2H3,(H,37,40). The van der Waals surface area contributed by atoms with Crippen LogP contribution in [0, 0.1) is 0 Å². The molecule has 0 bridgehead atoms. The lowest BCUT2D eigenvalue weighted by molar-refractivity contribution is -0.121. The first-order chi connectivity index (χ1) is 21.0. The molecule has 7 nitrogen and oxygen atoms in total. The van der Waals surface area contributed by atoms with E-state index in [1.165, 1.54) is 16.7 Å². The maximum Gasteiger partial charge on any atom is 0.253 e. The van der Waals surface area contributed by atoms with E-state index in [0.717, 1.165) is 30.8 Å². The van der Waals surface area contributed by atoms with Gasteiger partial charge in [0.15, 0.2) is 11.5 Å². The lowest BCUT2D eigenvalue weighted by atomic mass is 10.0. The van der Waals surface area contributed by atoms with Crippen molar-refractivity contribution in [1.29, 1.82) is 0 Å². The summed E-state index contributed by atoms with van der Waals surface area (Å²) in [7, 11) is 3.20. The molecule has 222 valence electrons. The largest absolute Gasteiger partial charge is 0.493 e. The average molecular weight is 578 g/mol. The molecule has 1 saturated heterocycles. The summed E-state index contributed by atoms with van der Waals surface area (Å²) in [5.41, 5.74) is 6.37. The minimum atomic E-state index is -0.0281. The number of piperazine rings is 1. The van der Waals surface area contributed by atoms with E-state index in [1.807, 2.05) is 53.4 Å². The summed E-state index contributed by atoms with van der Waals surface area (Å²) in [4.78, 5) is 30.0. The number of carbonyl (C=O) groups is 2. The molecule has 43 heavy (non-hydrogen) atoms. The van der Waals surface area contributed by atoms with Gasteiger partial charge in [0, 0.05) is 51.3 Å². The van der Waals surface area contributed by atoms with Crippen molar-refractivity contribution in [2.45, 2.75) is 25.9 Å². The van der Waals surface area contributed by atoms with Crippen LogP contribution in [0.15, 0.2) is 97.1 Å². The molecular weight excluding hydrogens is 538 g/mol. The van der Waals surface area contributed by atoms with Crippen molar-refractivity contribution in [2.24, 2.45) is 0 Å². The van der Waals surface area contributed by atoms with Gasteiger partial charge < -0.3 is 19.7 Å². The van der Waals surface area contributed by atoms with Crippen LogP contribution in [0.5, 0.6) is 11.5 Å². The molecule has 2 amide bonds. The van der Waals surface area contributed by atoms with Gasteiger partial charge in [-0.2, -0.15) is 0 Å². The Balaban J connectivity index is 1.05. The summed E-state index contributed by atoms with van der Waals surface area (Å²) in [5, 5.41) is 2.97. The van der Waals surface area contributed by atoms with Crippen LogP contribution in [0.1, 0.15) is 33.5 Å². The summed E-state index contributed by atoms with van der Waals surface area (Å²) in [6, 6.07) is 32.4. The Labute approximate surface area is 254 Å². The minimum absolute atomic E-state index is 0.0281. The van der Waals surface area contributed by atoms with Gasteiger partial charge in [-0.3, -0.25) is 14.5 Å². The van der Waals surface area contributed by atoms with Gasteiger partial charge in [0.05, 0.1) is 14.2 Å². The SMILES string of the molecule is COc1ccc(CCC(=O)NCc2ccc(C(=O)N3CCN(Cc4cccc(-c5ccccc5)c4)CC3)cc2)cc1OC. The van der Waals surface area contributed by atoms with Crippen LogP contribution in [-0.2, 0) is 24.3 Å². The molecule has 0 spiro atoms. The average Bonchev–Trinajstić information content (AvgIpc) is 3.07. The number of methoxy groups -OCH3 is 2. The highest BCUT2D eigenvalue weighted by molar-refractivity contribution is 5.94. The van der Waals surface area contributed by atoms with E-state index in [2.05, 4.69) is 58.7 Å². The van der Waals surface area contributed by atoms with Crippen LogP contribution in [0.4, 0.5) is 0 Å². The van der Waals surface area contributed by atoms with Crippen LogP contribution in [0.25, 0.3) is 11.1 Å². The molecule has 0 saturated carbocycles. The summed E-state index contributed by atoms with van der Waals surface area (Å²) < 4.78 is 10.6. The molecule has 5 rings (SSSR count). The van der Waals surface area contributed by atoms with Crippen LogP contribution in [0.3, 0.4) is 0 Å².